The molecule has 5 rings (SSSR count). The van der Waals surface area contributed by atoms with Gasteiger partial charge in [-0.1, -0.05) is 86.2 Å². The maximum atomic E-state index is 12.2. The van der Waals surface area contributed by atoms with Gasteiger partial charge in [0.05, 0.1) is 24.0 Å². The lowest BCUT2D eigenvalue weighted by atomic mass is 9.91. The lowest BCUT2D eigenvalue weighted by Gasteiger charge is -2.29. The van der Waals surface area contributed by atoms with Crippen molar-refractivity contribution in [1.29, 1.82) is 0 Å². The summed E-state index contributed by atoms with van der Waals surface area (Å²) in [6.45, 7) is 21.3. The van der Waals surface area contributed by atoms with E-state index >= 15 is 0 Å². The highest BCUT2D eigenvalue weighted by atomic mass is 16.2. The summed E-state index contributed by atoms with van der Waals surface area (Å²) >= 11 is 0. The summed E-state index contributed by atoms with van der Waals surface area (Å²) in [5, 5.41) is 6.57. The topological polar surface area (TPSA) is 98.5 Å². The molecule has 1 aliphatic carbocycles. The number of hydrogen-bond donors (Lipinski definition) is 4. The van der Waals surface area contributed by atoms with Crippen LogP contribution in [0.15, 0.2) is 61.1 Å². The highest BCUT2D eigenvalue weighted by Gasteiger charge is 2.25. The molecule has 0 fully saturated rings. The summed E-state index contributed by atoms with van der Waals surface area (Å²) in [5.74, 6) is 2.02. The smallest absolute Gasteiger partial charge is 0.225 e. The van der Waals surface area contributed by atoms with Crippen molar-refractivity contribution in [1.82, 2.24) is 30.6 Å². The van der Waals surface area contributed by atoms with Gasteiger partial charge >= 0.3 is 0 Å². The molecule has 0 radical (unpaired) electrons. The number of imidazole rings is 2. The Balaban J connectivity index is 1.31. The van der Waals surface area contributed by atoms with Gasteiger partial charge in [-0.3, -0.25) is 4.79 Å². The Kier molecular flexibility index (Phi) is 7.64. The van der Waals surface area contributed by atoms with Crippen LogP contribution in [0.1, 0.15) is 84.2 Å². The van der Waals surface area contributed by atoms with Gasteiger partial charge < -0.3 is 20.6 Å². The van der Waals surface area contributed by atoms with Gasteiger partial charge in [-0.2, -0.15) is 0 Å². The highest BCUT2D eigenvalue weighted by molar-refractivity contribution is 5.82. The van der Waals surface area contributed by atoms with Crippen LogP contribution in [0, 0.1) is 16.7 Å². The Labute approximate surface area is 249 Å². The van der Waals surface area contributed by atoms with E-state index in [0.29, 0.717) is 12.5 Å². The molecule has 2 aromatic carbocycles. The molecule has 1 amide bonds. The minimum atomic E-state index is -0.431. The van der Waals surface area contributed by atoms with Crippen LogP contribution in [-0.2, 0) is 17.8 Å². The molecule has 0 spiro atoms. The maximum Gasteiger partial charge on any atom is 0.225 e. The minimum Gasteiger partial charge on any atom is -0.378 e. The van der Waals surface area contributed by atoms with E-state index in [1.165, 1.54) is 22.3 Å². The van der Waals surface area contributed by atoms with Gasteiger partial charge in [0.15, 0.2) is 0 Å². The Morgan fingerprint density at radius 2 is 1.45 bits per heavy atom. The van der Waals surface area contributed by atoms with Gasteiger partial charge in [-0.05, 0) is 46.7 Å². The summed E-state index contributed by atoms with van der Waals surface area (Å²) in [7, 11) is 0. The fourth-order valence-electron chi connectivity index (χ4n) is 5.16. The number of amides is 1. The molecule has 7 nitrogen and oxygen atoms in total. The zero-order valence-corrected chi connectivity index (χ0v) is 26.2. The summed E-state index contributed by atoms with van der Waals surface area (Å²) in [6.07, 6.45) is 4.78. The first kappa shape index (κ1) is 29.4. The van der Waals surface area contributed by atoms with E-state index < -0.39 is 5.41 Å². The third-order valence-corrected chi connectivity index (χ3v) is 8.00. The molecule has 1 atom stereocenters. The van der Waals surface area contributed by atoms with Crippen molar-refractivity contribution in [2.75, 3.05) is 0 Å². The van der Waals surface area contributed by atoms with Crippen LogP contribution in [0.4, 0.5) is 0 Å². The first-order chi connectivity index (χ1) is 19.7. The van der Waals surface area contributed by atoms with Gasteiger partial charge in [0, 0.05) is 40.0 Å². The normalized spacial score (nSPS) is 13.5. The first-order valence-electron chi connectivity index (χ1n) is 14.8. The molecule has 0 bridgehead atoms. The largest absolute Gasteiger partial charge is 0.378 e. The molecule has 1 unspecified atom stereocenters. The molecule has 4 aromatic rings. The zero-order chi connectivity index (χ0) is 30.4. The molecule has 2 aromatic heterocycles. The third-order valence-electron chi connectivity index (χ3n) is 8.00. The fourth-order valence-corrected chi connectivity index (χ4v) is 5.16. The number of aromatic nitrogens is 4. The number of aromatic amines is 2. The fraction of sp³-hybridized carbons (Fsp3) is 0.400. The van der Waals surface area contributed by atoms with Crippen LogP contribution >= 0.6 is 0 Å². The number of benzene rings is 2. The average Bonchev–Trinajstić information content (AvgIpc) is 3.66. The van der Waals surface area contributed by atoms with Crippen molar-refractivity contribution in [2.45, 2.75) is 74.4 Å². The van der Waals surface area contributed by atoms with E-state index in [4.69, 9.17) is 9.97 Å². The second kappa shape index (κ2) is 10.9. The molecule has 0 saturated heterocycles. The number of rotatable bonds is 8. The van der Waals surface area contributed by atoms with Gasteiger partial charge in [-0.15, -0.1) is 0 Å². The Morgan fingerprint density at radius 3 is 2.00 bits per heavy atom. The highest BCUT2D eigenvalue weighted by Crippen LogP contribution is 2.40. The average molecular weight is 565 g/mol. The summed E-state index contributed by atoms with van der Waals surface area (Å²) in [5.41, 5.74) is 9.67. The van der Waals surface area contributed by atoms with E-state index in [1.54, 1.807) is 0 Å². The quantitative estimate of drug-likeness (QED) is 0.156. The summed E-state index contributed by atoms with van der Waals surface area (Å²) < 4.78 is 0. The predicted molar refractivity (Wildman–Crippen MR) is 170 cm³/mol. The Hall–Kier alpha value is -4.13. The minimum absolute atomic E-state index is 0.00372. The summed E-state index contributed by atoms with van der Waals surface area (Å²) in [6, 6.07) is 13.3. The molecule has 0 aliphatic heterocycles. The van der Waals surface area contributed by atoms with Gasteiger partial charge in [0.25, 0.3) is 0 Å². The van der Waals surface area contributed by atoms with E-state index in [-0.39, 0.29) is 17.4 Å². The van der Waals surface area contributed by atoms with Crippen LogP contribution in [-0.4, -0.2) is 25.8 Å². The third kappa shape index (κ3) is 6.06. The standard InChI is InChI=1S/C35H44N6O/c1-20(2)31(39-21(3)34(4,5)6)32-37-18-29(41-32)23-11-13-27-25(15-23)16-24-14-22(10-12-26(24)27)28-17-36-30(40-28)19-38-33(42)35(7,8)9/h10-15,17-18,20,31,39H,3,16,19H2,1-2,4-9H3,(H,36,40)(H,37,41)(H,38,42). The van der Waals surface area contributed by atoms with Crippen molar-refractivity contribution >= 4 is 5.91 Å². The molecule has 220 valence electrons. The van der Waals surface area contributed by atoms with Gasteiger partial charge in [0.2, 0.25) is 5.91 Å². The van der Waals surface area contributed by atoms with Gasteiger partial charge in [-0.25, -0.2) is 9.97 Å². The molecular weight excluding hydrogens is 520 g/mol. The van der Waals surface area contributed by atoms with Crippen molar-refractivity contribution < 1.29 is 4.79 Å². The molecule has 0 saturated carbocycles. The van der Waals surface area contributed by atoms with Crippen LogP contribution < -0.4 is 10.6 Å². The van der Waals surface area contributed by atoms with E-state index in [0.717, 1.165) is 46.3 Å². The number of carbonyl (C=O) groups excluding carboxylic acids is 1. The van der Waals surface area contributed by atoms with Crippen LogP contribution in [0.5, 0.6) is 0 Å². The number of nitrogens with one attached hydrogen (secondary N) is 4. The van der Waals surface area contributed by atoms with E-state index in [2.05, 4.69) is 98.2 Å². The van der Waals surface area contributed by atoms with Crippen LogP contribution in [0.2, 0.25) is 0 Å². The van der Waals surface area contributed by atoms with Crippen molar-refractivity contribution in [3.8, 4) is 33.6 Å². The lowest BCUT2D eigenvalue weighted by Crippen LogP contribution is -2.34. The van der Waals surface area contributed by atoms with Gasteiger partial charge in [0.1, 0.15) is 11.6 Å². The SMILES string of the molecule is C=C(NC(c1nc(-c2ccc3c(c2)Cc2cc(-c4c[nH]c(CNC(=O)C(C)(C)C)n4)ccc2-3)c[nH]1)C(C)C)C(C)(C)C. The second-order valence-corrected chi connectivity index (χ2v) is 13.9. The molecule has 1 aliphatic rings. The predicted octanol–water partition coefficient (Wildman–Crippen LogP) is 7.55. The lowest BCUT2D eigenvalue weighted by molar-refractivity contribution is -0.128. The molecule has 42 heavy (non-hydrogen) atoms. The first-order valence-corrected chi connectivity index (χ1v) is 14.8. The van der Waals surface area contributed by atoms with E-state index in [1.807, 2.05) is 33.2 Å². The molecule has 4 N–H and O–H groups in total. The van der Waals surface area contributed by atoms with Crippen molar-refractivity contribution in [2.24, 2.45) is 16.7 Å². The zero-order valence-electron chi connectivity index (χ0n) is 26.2. The maximum absolute atomic E-state index is 12.2. The second-order valence-electron chi connectivity index (χ2n) is 13.9. The van der Waals surface area contributed by atoms with Crippen molar-refractivity contribution in [3.05, 3.63) is 83.8 Å². The van der Waals surface area contributed by atoms with Crippen molar-refractivity contribution in [3.63, 3.8) is 0 Å². The molecular formula is C35H44N6O. The number of carbonyl (C=O) groups is 1. The summed E-state index contributed by atoms with van der Waals surface area (Å²) in [4.78, 5) is 28.6. The molecule has 2 heterocycles. The number of fused-ring (bicyclic) bond motifs is 3. The number of H-pyrrole nitrogens is 2. The number of allylic oxidation sites excluding steroid dienone is 1. The van der Waals surface area contributed by atoms with E-state index in [9.17, 15) is 4.79 Å². The number of hydrogen-bond acceptors (Lipinski definition) is 4. The monoisotopic (exact) mass is 564 g/mol. The Morgan fingerprint density at radius 1 is 0.881 bits per heavy atom. The Bertz CT molecular complexity index is 1630. The number of nitrogens with zero attached hydrogens (tertiary/aromatic N) is 2. The van der Waals surface area contributed by atoms with Crippen LogP contribution in [0.25, 0.3) is 33.6 Å². The van der Waals surface area contributed by atoms with Crippen LogP contribution in [0.3, 0.4) is 0 Å². The molecule has 7 heteroatoms.